The van der Waals surface area contributed by atoms with Gasteiger partial charge in [-0.2, -0.15) is 5.26 Å². The second-order valence-corrected chi connectivity index (χ2v) is 8.67. The van der Waals surface area contributed by atoms with E-state index in [-0.39, 0.29) is 0 Å². The van der Waals surface area contributed by atoms with E-state index in [4.69, 9.17) is 4.42 Å². The van der Waals surface area contributed by atoms with Crippen LogP contribution >= 0.6 is 27.3 Å². The third kappa shape index (κ3) is 3.91. The van der Waals surface area contributed by atoms with Gasteiger partial charge in [-0.15, -0.1) is 11.3 Å². The van der Waals surface area contributed by atoms with Crippen LogP contribution in [-0.4, -0.2) is 9.97 Å². The lowest BCUT2D eigenvalue weighted by atomic mass is 10.1. The van der Waals surface area contributed by atoms with E-state index in [1.807, 2.05) is 42.5 Å². The standard InChI is InChI=1S/C24H13BrN4O2S/c25-17-3-6-22-15(8-17)10-19(24(30)31-22)21-13-32-23(29-21)16(11-26)12-28-18-4-5-20-14(9-18)2-1-7-27-20/h1-10,12-13,28H/b16-12+. The Balaban J connectivity index is 1.46. The van der Waals surface area contributed by atoms with Crippen LogP contribution in [0.2, 0.25) is 0 Å². The summed E-state index contributed by atoms with van der Waals surface area (Å²) in [5.74, 6) is 0. The van der Waals surface area contributed by atoms with Crippen molar-refractivity contribution in [2.45, 2.75) is 0 Å². The van der Waals surface area contributed by atoms with Crippen molar-refractivity contribution in [3.63, 3.8) is 0 Å². The smallest absolute Gasteiger partial charge is 0.345 e. The van der Waals surface area contributed by atoms with Crippen molar-refractivity contribution in [3.05, 3.63) is 92.3 Å². The minimum atomic E-state index is -0.470. The molecular weight excluding hydrogens is 488 g/mol. The van der Waals surface area contributed by atoms with Gasteiger partial charge >= 0.3 is 5.63 Å². The molecule has 32 heavy (non-hydrogen) atoms. The molecule has 0 aliphatic heterocycles. The van der Waals surface area contributed by atoms with Crippen molar-refractivity contribution in [3.8, 4) is 17.3 Å². The number of rotatable bonds is 4. The van der Waals surface area contributed by atoms with Gasteiger partial charge in [0.15, 0.2) is 0 Å². The molecule has 0 saturated heterocycles. The van der Waals surface area contributed by atoms with Crippen LogP contribution in [0.4, 0.5) is 5.69 Å². The summed E-state index contributed by atoms with van der Waals surface area (Å²) >= 11 is 4.72. The molecule has 3 heterocycles. The number of allylic oxidation sites excluding steroid dienone is 1. The lowest BCUT2D eigenvalue weighted by Crippen LogP contribution is -2.03. The quantitative estimate of drug-likeness (QED) is 0.233. The summed E-state index contributed by atoms with van der Waals surface area (Å²) in [6.45, 7) is 0. The molecule has 8 heteroatoms. The average Bonchev–Trinajstić information content (AvgIpc) is 3.29. The Morgan fingerprint density at radius 1 is 1.16 bits per heavy atom. The molecule has 0 saturated carbocycles. The zero-order valence-corrected chi connectivity index (χ0v) is 18.8. The summed E-state index contributed by atoms with van der Waals surface area (Å²) in [4.78, 5) is 21.3. The fourth-order valence-electron chi connectivity index (χ4n) is 3.26. The maximum absolute atomic E-state index is 12.5. The van der Waals surface area contributed by atoms with Crippen LogP contribution in [0.15, 0.2) is 86.1 Å². The van der Waals surface area contributed by atoms with Crippen molar-refractivity contribution >= 4 is 60.4 Å². The van der Waals surface area contributed by atoms with Crippen LogP contribution in [-0.2, 0) is 0 Å². The fourth-order valence-corrected chi connectivity index (χ4v) is 4.42. The number of fused-ring (bicyclic) bond motifs is 2. The molecule has 0 bridgehead atoms. The molecule has 0 amide bonds. The van der Waals surface area contributed by atoms with Gasteiger partial charge in [-0.3, -0.25) is 4.98 Å². The summed E-state index contributed by atoms with van der Waals surface area (Å²) in [5.41, 5.74) is 2.94. The largest absolute Gasteiger partial charge is 0.422 e. The van der Waals surface area contributed by atoms with Crippen molar-refractivity contribution < 1.29 is 4.42 Å². The molecule has 3 aromatic heterocycles. The van der Waals surface area contributed by atoms with Gasteiger partial charge in [0.2, 0.25) is 0 Å². The number of thiazole rings is 1. The predicted octanol–water partition coefficient (Wildman–Crippen LogP) is 6.20. The van der Waals surface area contributed by atoms with E-state index in [9.17, 15) is 10.1 Å². The fraction of sp³-hybridized carbons (Fsp3) is 0. The van der Waals surface area contributed by atoms with Gasteiger partial charge in [0.25, 0.3) is 0 Å². The van der Waals surface area contributed by atoms with E-state index in [0.717, 1.165) is 26.4 Å². The summed E-state index contributed by atoms with van der Waals surface area (Å²) in [7, 11) is 0. The molecule has 5 rings (SSSR count). The van der Waals surface area contributed by atoms with Gasteiger partial charge in [-0.1, -0.05) is 22.0 Å². The topological polar surface area (TPSA) is 91.8 Å². The molecule has 1 N–H and O–H groups in total. The number of aromatic nitrogens is 2. The zero-order chi connectivity index (χ0) is 22.1. The van der Waals surface area contributed by atoms with Gasteiger partial charge in [0, 0.05) is 38.7 Å². The highest BCUT2D eigenvalue weighted by Crippen LogP contribution is 2.27. The summed E-state index contributed by atoms with van der Waals surface area (Å²) < 4.78 is 6.31. The predicted molar refractivity (Wildman–Crippen MR) is 130 cm³/mol. The number of anilines is 1. The molecule has 0 atom stereocenters. The second kappa shape index (κ2) is 8.38. The molecule has 0 aliphatic carbocycles. The monoisotopic (exact) mass is 500 g/mol. The zero-order valence-electron chi connectivity index (χ0n) is 16.4. The number of halogens is 1. The van der Waals surface area contributed by atoms with Crippen LogP contribution in [0.1, 0.15) is 5.01 Å². The molecule has 2 aromatic carbocycles. The first-order chi connectivity index (χ1) is 15.6. The molecular formula is C24H13BrN4O2S. The average molecular weight is 501 g/mol. The molecule has 0 aliphatic rings. The van der Waals surface area contributed by atoms with E-state index in [1.54, 1.807) is 29.9 Å². The Labute approximate surface area is 194 Å². The molecule has 5 aromatic rings. The summed E-state index contributed by atoms with van der Waals surface area (Å²) in [6.07, 6.45) is 3.36. The molecule has 6 nitrogen and oxygen atoms in total. The van der Waals surface area contributed by atoms with E-state index >= 15 is 0 Å². The third-order valence-corrected chi connectivity index (χ3v) is 6.18. The highest BCUT2D eigenvalue weighted by molar-refractivity contribution is 9.10. The van der Waals surface area contributed by atoms with Crippen LogP contribution in [0.3, 0.4) is 0 Å². The summed E-state index contributed by atoms with van der Waals surface area (Å²) in [6, 6.07) is 19.0. The highest BCUT2D eigenvalue weighted by atomic mass is 79.9. The highest BCUT2D eigenvalue weighted by Gasteiger charge is 2.14. The first-order valence-corrected chi connectivity index (χ1v) is 11.2. The molecule has 154 valence electrons. The number of nitrogens with one attached hydrogen (secondary N) is 1. The Kier molecular flexibility index (Phi) is 5.27. The number of hydrogen-bond donors (Lipinski definition) is 1. The van der Waals surface area contributed by atoms with Gasteiger partial charge < -0.3 is 9.73 Å². The second-order valence-electron chi connectivity index (χ2n) is 6.89. The maximum atomic E-state index is 12.5. The van der Waals surface area contributed by atoms with E-state index in [1.165, 1.54) is 11.3 Å². The lowest BCUT2D eigenvalue weighted by Gasteiger charge is -2.03. The van der Waals surface area contributed by atoms with Crippen LogP contribution < -0.4 is 10.9 Å². The molecule has 0 unspecified atom stereocenters. The number of benzene rings is 2. The van der Waals surface area contributed by atoms with Crippen molar-refractivity contribution in [2.24, 2.45) is 0 Å². The van der Waals surface area contributed by atoms with Crippen LogP contribution in [0.5, 0.6) is 0 Å². The number of nitrogens with zero attached hydrogens (tertiary/aromatic N) is 3. The van der Waals surface area contributed by atoms with Crippen molar-refractivity contribution in [1.29, 1.82) is 5.26 Å². The minimum absolute atomic E-state index is 0.352. The van der Waals surface area contributed by atoms with Crippen molar-refractivity contribution in [2.75, 3.05) is 5.32 Å². The normalized spacial score (nSPS) is 11.6. The minimum Gasteiger partial charge on any atom is -0.422 e. The Morgan fingerprint density at radius 2 is 2.06 bits per heavy atom. The molecule has 0 fully saturated rings. The van der Waals surface area contributed by atoms with Crippen LogP contribution in [0.25, 0.3) is 38.7 Å². The number of pyridine rings is 1. The van der Waals surface area contributed by atoms with E-state index in [2.05, 4.69) is 37.3 Å². The lowest BCUT2D eigenvalue weighted by molar-refractivity contribution is 0.563. The third-order valence-electron chi connectivity index (χ3n) is 4.81. The Morgan fingerprint density at radius 3 is 2.94 bits per heavy atom. The number of nitriles is 1. The van der Waals surface area contributed by atoms with Gasteiger partial charge in [-0.05, 0) is 48.5 Å². The summed E-state index contributed by atoms with van der Waals surface area (Å²) in [5, 5.41) is 16.8. The number of hydrogen-bond acceptors (Lipinski definition) is 7. The molecule has 0 radical (unpaired) electrons. The SMILES string of the molecule is N#C/C(=C\Nc1ccc2ncccc2c1)c1nc(-c2cc3cc(Br)ccc3oc2=O)cs1. The first-order valence-electron chi connectivity index (χ1n) is 9.52. The Bertz CT molecular complexity index is 1610. The van der Waals surface area contributed by atoms with Gasteiger partial charge in [0.1, 0.15) is 22.2 Å². The Hall–Kier alpha value is -3.80. The van der Waals surface area contributed by atoms with Crippen LogP contribution in [0, 0.1) is 11.3 Å². The van der Waals surface area contributed by atoms with Crippen molar-refractivity contribution in [1.82, 2.24) is 9.97 Å². The first kappa shape index (κ1) is 20.1. The molecule has 0 spiro atoms. The van der Waals surface area contributed by atoms with Gasteiger partial charge in [-0.25, -0.2) is 9.78 Å². The van der Waals surface area contributed by atoms with Gasteiger partial charge in [0.05, 0.1) is 16.8 Å². The van der Waals surface area contributed by atoms with E-state index in [0.29, 0.717) is 27.4 Å². The van der Waals surface area contributed by atoms with E-state index < -0.39 is 5.63 Å². The maximum Gasteiger partial charge on any atom is 0.345 e.